The minimum Gasteiger partial charge on any atom is -0.384 e. The molecule has 2 aromatic carbocycles. The molecule has 1 atom stereocenters. The zero-order chi connectivity index (χ0) is 20.3. The number of likely N-dealkylation sites (N-methyl/N-ethyl adjacent to an activating group) is 1. The highest BCUT2D eigenvalue weighted by molar-refractivity contribution is 8.03. The van der Waals surface area contributed by atoms with E-state index in [2.05, 4.69) is 12.1 Å². The molecule has 0 aromatic heterocycles. The maximum Gasteiger partial charge on any atom is 0.248 e. The van der Waals surface area contributed by atoms with E-state index in [4.69, 9.17) is 5.73 Å². The number of thioether (sulfide) groups is 1. The van der Waals surface area contributed by atoms with Crippen molar-refractivity contribution in [3.63, 3.8) is 0 Å². The number of hydrogen-bond acceptors (Lipinski definition) is 6. The van der Waals surface area contributed by atoms with E-state index >= 15 is 0 Å². The fourth-order valence-corrected chi connectivity index (χ4v) is 5.71. The summed E-state index contributed by atoms with van der Waals surface area (Å²) in [5.41, 5.74) is 7.51. The average Bonchev–Trinajstić information content (AvgIpc) is 3.24. The monoisotopic (exact) mass is 397 g/mol. The molecule has 0 saturated heterocycles. The summed E-state index contributed by atoms with van der Waals surface area (Å²) in [6, 6.07) is 19.4. The number of para-hydroxylation sites is 2. The highest BCUT2D eigenvalue weighted by Gasteiger charge is 2.61. The molecule has 6 nitrogen and oxygen atoms in total. The van der Waals surface area contributed by atoms with Crippen LogP contribution in [-0.2, 0) is 10.2 Å². The molecule has 0 bridgehead atoms. The summed E-state index contributed by atoms with van der Waals surface area (Å²) in [7, 11) is 0. The van der Waals surface area contributed by atoms with E-state index in [1.807, 2.05) is 55.5 Å². The van der Waals surface area contributed by atoms with E-state index in [9.17, 15) is 15.3 Å². The second-order valence-corrected chi connectivity index (χ2v) is 7.92. The Bertz CT molecular complexity index is 1250. The number of carbonyl (C=O) groups is 1. The Kier molecular flexibility index (Phi) is 3.55. The third kappa shape index (κ3) is 1.88. The lowest BCUT2D eigenvalue weighted by Gasteiger charge is -2.37. The van der Waals surface area contributed by atoms with Gasteiger partial charge in [-0.05, 0) is 25.1 Å². The smallest absolute Gasteiger partial charge is 0.248 e. The summed E-state index contributed by atoms with van der Waals surface area (Å²) in [6.07, 6.45) is 0. The summed E-state index contributed by atoms with van der Waals surface area (Å²) in [6.45, 7) is 2.31. The van der Waals surface area contributed by atoms with Gasteiger partial charge >= 0.3 is 0 Å². The highest BCUT2D eigenvalue weighted by atomic mass is 32.2. The normalized spacial score (nSPS) is 21.8. The van der Waals surface area contributed by atoms with Crippen molar-refractivity contribution in [2.45, 2.75) is 17.2 Å². The number of rotatable bonds is 1. The lowest BCUT2D eigenvalue weighted by atomic mass is 9.68. The van der Waals surface area contributed by atoms with Crippen LogP contribution >= 0.6 is 11.8 Å². The molecule has 0 radical (unpaired) electrons. The topological polar surface area (TPSA) is 97.2 Å². The van der Waals surface area contributed by atoms with Crippen molar-refractivity contribution in [2.75, 3.05) is 16.3 Å². The van der Waals surface area contributed by atoms with Crippen LogP contribution in [0.2, 0.25) is 0 Å². The van der Waals surface area contributed by atoms with E-state index in [1.54, 1.807) is 9.80 Å². The molecule has 0 aliphatic carbocycles. The number of hydrogen-bond donors (Lipinski definition) is 1. The van der Waals surface area contributed by atoms with Gasteiger partial charge in [0.2, 0.25) is 5.91 Å². The predicted molar refractivity (Wildman–Crippen MR) is 110 cm³/mol. The van der Waals surface area contributed by atoms with Crippen molar-refractivity contribution in [3.05, 3.63) is 76.1 Å². The van der Waals surface area contributed by atoms with Crippen molar-refractivity contribution in [1.29, 1.82) is 10.5 Å². The van der Waals surface area contributed by atoms with Crippen LogP contribution in [0.15, 0.2) is 75.4 Å². The van der Waals surface area contributed by atoms with Gasteiger partial charge in [0.15, 0.2) is 5.41 Å². The average molecular weight is 397 g/mol. The van der Waals surface area contributed by atoms with Crippen LogP contribution in [0.1, 0.15) is 12.5 Å². The lowest BCUT2D eigenvalue weighted by Crippen LogP contribution is -2.48. The fourth-order valence-electron chi connectivity index (χ4n) is 4.50. The predicted octanol–water partition coefficient (Wildman–Crippen LogP) is 3.35. The molecule has 0 unspecified atom stereocenters. The van der Waals surface area contributed by atoms with Gasteiger partial charge in [-0.1, -0.05) is 42.1 Å². The van der Waals surface area contributed by atoms with Crippen molar-refractivity contribution >= 4 is 29.0 Å². The Morgan fingerprint density at radius 1 is 1.03 bits per heavy atom. The van der Waals surface area contributed by atoms with Crippen molar-refractivity contribution in [1.82, 2.24) is 0 Å². The van der Waals surface area contributed by atoms with Gasteiger partial charge < -0.3 is 10.6 Å². The zero-order valence-corrected chi connectivity index (χ0v) is 16.3. The highest BCUT2D eigenvalue weighted by Crippen LogP contribution is 2.59. The molecular weight excluding hydrogens is 382 g/mol. The Morgan fingerprint density at radius 3 is 2.38 bits per heavy atom. The molecule has 3 aliphatic heterocycles. The van der Waals surface area contributed by atoms with E-state index in [1.165, 1.54) is 11.8 Å². The molecule has 0 saturated carbocycles. The maximum absolute atomic E-state index is 13.8. The second-order valence-electron chi connectivity index (χ2n) is 6.89. The number of nitrogens with two attached hydrogens (primary N) is 1. The number of carbonyl (C=O) groups excluding carboxylic acids is 1. The largest absolute Gasteiger partial charge is 0.384 e. The molecule has 29 heavy (non-hydrogen) atoms. The first-order chi connectivity index (χ1) is 14.1. The number of nitrogens with zero attached hydrogens (tertiary/aromatic N) is 4. The number of benzene rings is 2. The maximum atomic E-state index is 13.8. The van der Waals surface area contributed by atoms with Gasteiger partial charge in [-0.3, -0.25) is 9.69 Å². The standard InChI is InChI=1S/C22H15N5OS/c1-2-26-16-8-4-3-7-13(16)22(21(26)28)14(11-23)19(25)27-17-9-5-6-10-18(17)29-20(27)15(22)12-24/h3-10H,2,25H2,1H3/t22-/m1/s1. The Labute approximate surface area is 172 Å². The molecule has 5 rings (SSSR count). The molecule has 2 aromatic rings. The van der Waals surface area contributed by atoms with E-state index in [0.29, 0.717) is 22.8 Å². The van der Waals surface area contributed by atoms with Crippen LogP contribution in [0.4, 0.5) is 11.4 Å². The summed E-state index contributed by atoms with van der Waals surface area (Å²) in [5, 5.41) is 21.0. The summed E-state index contributed by atoms with van der Waals surface area (Å²) in [4.78, 5) is 18.1. The Balaban J connectivity index is 1.91. The number of amides is 1. The minimum atomic E-state index is -1.51. The van der Waals surface area contributed by atoms with Gasteiger partial charge in [0.05, 0.1) is 22.9 Å². The van der Waals surface area contributed by atoms with Crippen LogP contribution in [0.3, 0.4) is 0 Å². The Morgan fingerprint density at radius 2 is 1.69 bits per heavy atom. The summed E-state index contributed by atoms with van der Waals surface area (Å²) < 4.78 is 0. The van der Waals surface area contributed by atoms with Crippen molar-refractivity contribution in [2.24, 2.45) is 5.73 Å². The second kappa shape index (κ2) is 5.91. The lowest BCUT2D eigenvalue weighted by molar-refractivity contribution is -0.120. The van der Waals surface area contributed by atoms with E-state index < -0.39 is 5.41 Å². The number of fused-ring (bicyclic) bond motifs is 5. The Hall–Kier alpha value is -3.68. The van der Waals surface area contributed by atoms with Crippen LogP contribution in [0.25, 0.3) is 0 Å². The zero-order valence-electron chi connectivity index (χ0n) is 15.5. The first kappa shape index (κ1) is 17.4. The van der Waals surface area contributed by atoms with Gasteiger partial charge in [-0.15, -0.1) is 0 Å². The molecule has 2 N–H and O–H groups in total. The molecular formula is C22H15N5OS. The van der Waals surface area contributed by atoms with E-state index in [-0.39, 0.29) is 22.9 Å². The van der Waals surface area contributed by atoms with E-state index in [0.717, 1.165) is 10.6 Å². The number of anilines is 2. The van der Waals surface area contributed by atoms with Crippen LogP contribution in [0.5, 0.6) is 0 Å². The van der Waals surface area contributed by atoms with Gasteiger partial charge in [-0.25, -0.2) is 0 Å². The number of nitriles is 2. The molecule has 1 amide bonds. The van der Waals surface area contributed by atoms with Crippen molar-refractivity contribution < 1.29 is 4.79 Å². The van der Waals surface area contributed by atoms with Crippen LogP contribution < -0.4 is 15.5 Å². The SMILES string of the molecule is CCN1C(=O)[C@@]2(C(C#N)=C(N)N3C(=C2C#N)Sc2ccccc23)c2ccccc21. The van der Waals surface area contributed by atoms with Gasteiger partial charge in [-0.2, -0.15) is 10.5 Å². The molecule has 140 valence electrons. The van der Waals surface area contributed by atoms with Crippen LogP contribution in [-0.4, -0.2) is 12.5 Å². The quantitative estimate of drug-likeness (QED) is 0.793. The van der Waals surface area contributed by atoms with Gasteiger partial charge in [0, 0.05) is 22.7 Å². The minimum absolute atomic E-state index is 0.100. The van der Waals surface area contributed by atoms with Gasteiger partial charge in [0.25, 0.3) is 0 Å². The molecule has 3 heterocycles. The van der Waals surface area contributed by atoms with Crippen LogP contribution in [0, 0.1) is 22.7 Å². The first-order valence-corrected chi connectivity index (χ1v) is 9.96. The first-order valence-electron chi connectivity index (χ1n) is 9.14. The third-order valence-electron chi connectivity index (χ3n) is 5.68. The molecule has 1 spiro atoms. The molecule has 3 aliphatic rings. The summed E-state index contributed by atoms with van der Waals surface area (Å²) >= 11 is 1.40. The molecule has 0 fully saturated rings. The van der Waals surface area contributed by atoms with Gasteiger partial charge in [0.1, 0.15) is 16.9 Å². The third-order valence-corrected chi connectivity index (χ3v) is 6.83. The summed E-state index contributed by atoms with van der Waals surface area (Å²) in [5.74, 6) is -0.110. The van der Waals surface area contributed by atoms with Crippen molar-refractivity contribution in [3.8, 4) is 12.1 Å². The fraction of sp³-hybridized carbons (Fsp3) is 0.136. The molecule has 7 heteroatoms.